The molecule has 90 valence electrons. The smallest absolute Gasteiger partial charge is 0.256 e. The number of carbonyl (C=O) groups is 1. The Bertz CT molecular complexity index is 657. The van der Waals surface area contributed by atoms with E-state index in [1.54, 1.807) is 18.2 Å². The Hall–Kier alpha value is -1.65. The fourth-order valence-electron chi connectivity index (χ4n) is 1.78. The van der Waals surface area contributed by atoms with Gasteiger partial charge in [-0.25, -0.2) is 0 Å². The Labute approximate surface area is 113 Å². The van der Waals surface area contributed by atoms with Gasteiger partial charge >= 0.3 is 0 Å². The van der Waals surface area contributed by atoms with Gasteiger partial charge in [0.15, 0.2) is 0 Å². The first-order valence-corrected chi connectivity index (χ1v) is 6.45. The van der Waals surface area contributed by atoms with E-state index in [4.69, 9.17) is 11.6 Å². The third kappa shape index (κ3) is 1.83. The minimum Gasteiger partial charge on any atom is -0.506 e. The first kappa shape index (κ1) is 11.4. The maximum Gasteiger partial charge on any atom is 0.256 e. The molecule has 3 rings (SSSR count). The second kappa shape index (κ2) is 4.23. The molecule has 1 aliphatic rings. The zero-order valence-electron chi connectivity index (χ0n) is 9.11. The van der Waals surface area contributed by atoms with Crippen LogP contribution in [0.3, 0.4) is 0 Å². The molecule has 0 spiro atoms. The van der Waals surface area contributed by atoms with Crippen molar-refractivity contribution < 1.29 is 9.90 Å². The van der Waals surface area contributed by atoms with Gasteiger partial charge in [0.25, 0.3) is 5.91 Å². The summed E-state index contributed by atoms with van der Waals surface area (Å²) in [5.41, 5.74) is 1.23. The van der Waals surface area contributed by atoms with Gasteiger partial charge in [-0.3, -0.25) is 4.79 Å². The van der Waals surface area contributed by atoms with Crippen molar-refractivity contribution in [1.82, 2.24) is 0 Å². The van der Waals surface area contributed by atoms with Gasteiger partial charge in [0.2, 0.25) is 0 Å². The minimum absolute atomic E-state index is 0.0107. The molecule has 1 aliphatic heterocycles. The number of fused-ring (bicyclic) bond motifs is 2. The minimum atomic E-state index is -0.168. The van der Waals surface area contributed by atoms with Gasteiger partial charge in [-0.05, 0) is 24.3 Å². The number of rotatable bonds is 0. The number of halogens is 1. The van der Waals surface area contributed by atoms with Gasteiger partial charge in [0, 0.05) is 9.79 Å². The van der Waals surface area contributed by atoms with Crippen LogP contribution in [0.1, 0.15) is 10.4 Å². The van der Waals surface area contributed by atoms with E-state index >= 15 is 0 Å². The lowest BCUT2D eigenvalue weighted by Crippen LogP contribution is -2.11. The normalized spacial score (nSPS) is 13.3. The highest BCUT2D eigenvalue weighted by Crippen LogP contribution is 2.42. The van der Waals surface area contributed by atoms with E-state index in [0.717, 1.165) is 9.79 Å². The highest BCUT2D eigenvalue weighted by Gasteiger charge is 2.20. The molecule has 3 nitrogen and oxygen atoms in total. The van der Waals surface area contributed by atoms with Crippen molar-refractivity contribution in [1.29, 1.82) is 0 Å². The van der Waals surface area contributed by atoms with Crippen LogP contribution < -0.4 is 5.32 Å². The average molecular weight is 278 g/mol. The molecule has 2 aromatic carbocycles. The Morgan fingerprint density at radius 1 is 1.17 bits per heavy atom. The lowest BCUT2D eigenvalue weighted by molar-refractivity contribution is 0.102. The number of nitrogens with one attached hydrogen (secondary N) is 1. The fourth-order valence-corrected chi connectivity index (χ4v) is 2.98. The van der Waals surface area contributed by atoms with Crippen LogP contribution in [0, 0.1) is 0 Å². The molecular weight excluding hydrogens is 270 g/mol. The van der Waals surface area contributed by atoms with E-state index in [2.05, 4.69) is 5.32 Å². The molecule has 0 fully saturated rings. The van der Waals surface area contributed by atoms with Crippen molar-refractivity contribution in [3.8, 4) is 5.75 Å². The highest BCUT2D eigenvalue weighted by molar-refractivity contribution is 7.99. The molecule has 1 amide bonds. The quantitative estimate of drug-likeness (QED) is 0.721. The number of hydrogen-bond donors (Lipinski definition) is 2. The van der Waals surface area contributed by atoms with Crippen LogP contribution in [0.5, 0.6) is 5.75 Å². The van der Waals surface area contributed by atoms with Crippen molar-refractivity contribution >= 4 is 35.0 Å². The molecule has 0 aliphatic carbocycles. The number of carbonyl (C=O) groups excluding carboxylic acids is 1. The van der Waals surface area contributed by atoms with Crippen molar-refractivity contribution in [2.75, 3.05) is 5.32 Å². The maximum absolute atomic E-state index is 12.0. The standard InChI is InChI=1S/C13H8ClNO2S/c14-8-5-9-12(6-10(8)16)18-11-4-2-1-3-7(11)13(17)15-9/h1-6,16H,(H,15,17). The summed E-state index contributed by atoms with van der Waals surface area (Å²) in [5.74, 6) is -0.157. The monoisotopic (exact) mass is 277 g/mol. The van der Waals surface area contributed by atoms with Crippen LogP contribution in [0.15, 0.2) is 46.2 Å². The molecule has 1 heterocycles. The van der Waals surface area contributed by atoms with E-state index in [1.165, 1.54) is 11.8 Å². The molecule has 2 aromatic rings. The fraction of sp³-hybridized carbons (Fsp3) is 0. The second-order valence-corrected chi connectivity index (χ2v) is 5.34. The summed E-state index contributed by atoms with van der Waals surface area (Å²) in [4.78, 5) is 13.7. The van der Waals surface area contributed by atoms with Gasteiger partial charge in [-0.15, -0.1) is 0 Å². The van der Waals surface area contributed by atoms with E-state index in [1.807, 2.05) is 18.2 Å². The van der Waals surface area contributed by atoms with Crippen molar-refractivity contribution in [2.45, 2.75) is 9.79 Å². The van der Waals surface area contributed by atoms with Crippen molar-refractivity contribution in [3.63, 3.8) is 0 Å². The number of amides is 1. The number of benzene rings is 2. The molecule has 0 saturated heterocycles. The van der Waals surface area contributed by atoms with Crippen LogP contribution in [-0.4, -0.2) is 11.0 Å². The van der Waals surface area contributed by atoms with E-state index < -0.39 is 0 Å². The number of hydrogen-bond acceptors (Lipinski definition) is 3. The number of phenolic OH excluding ortho intramolecular Hbond substituents is 1. The predicted octanol–water partition coefficient (Wildman–Crippen LogP) is 3.76. The van der Waals surface area contributed by atoms with Gasteiger partial charge in [0.05, 0.1) is 16.3 Å². The zero-order chi connectivity index (χ0) is 12.7. The van der Waals surface area contributed by atoms with E-state index in [9.17, 15) is 9.90 Å². The summed E-state index contributed by atoms with van der Waals surface area (Å²) in [6.45, 7) is 0. The molecular formula is C13H8ClNO2S. The van der Waals surface area contributed by atoms with E-state index in [-0.39, 0.29) is 16.7 Å². The number of phenols is 1. The summed E-state index contributed by atoms with van der Waals surface area (Å²) in [7, 11) is 0. The predicted molar refractivity (Wildman–Crippen MR) is 71.6 cm³/mol. The third-order valence-corrected chi connectivity index (χ3v) is 4.09. The average Bonchev–Trinajstić information content (AvgIpc) is 2.48. The Morgan fingerprint density at radius 3 is 2.78 bits per heavy atom. The largest absolute Gasteiger partial charge is 0.506 e. The van der Waals surface area contributed by atoms with Crippen LogP contribution in [-0.2, 0) is 0 Å². The van der Waals surface area contributed by atoms with Gasteiger partial charge < -0.3 is 10.4 Å². The summed E-state index contributed by atoms with van der Waals surface area (Å²) < 4.78 is 0. The van der Waals surface area contributed by atoms with E-state index in [0.29, 0.717) is 11.3 Å². The van der Waals surface area contributed by atoms with Crippen LogP contribution >= 0.6 is 23.4 Å². The summed E-state index contributed by atoms with van der Waals surface area (Å²) >= 11 is 7.28. The molecule has 18 heavy (non-hydrogen) atoms. The van der Waals surface area contributed by atoms with Gasteiger partial charge in [-0.1, -0.05) is 35.5 Å². The number of aromatic hydroxyl groups is 1. The Kier molecular flexibility index (Phi) is 2.69. The molecule has 2 N–H and O–H groups in total. The first-order chi connectivity index (χ1) is 8.65. The summed E-state index contributed by atoms with van der Waals surface area (Å²) in [5, 5.41) is 12.6. The Morgan fingerprint density at radius 2 is 1.94 bits per heavy atom. The molecule has 5 heteroatoms. The van der Waals surface area contributed by atoms with Crippen molar-refractivity contribution in [3.05, 3.63) is 47.0 Å². The summed E-state index contributed by atoms with van der Waals surface area (Å²) in [6.07, 6.45) is 0. The Balaban J connectivity index is 2.18. The van der Waals surface area contributed by atoms with Crippen molar-refractivity contribution in [2.24, 2.45) is 0 Å². The third-order valence-electron chi connectivity index (χ3n) is 2.65. The lowest BCUT2D eigenvalue weighted by atomic mass is 10.2. The van der Waals surface area contributed by atoms with Crippen LogP contribution in [0.4, 0.5) is 5.69 Å². The second-order valence-electron chi connectivity index (χ2n) is 3.85. The zero-order valence-corrected chi connectivity index (χ0v) is 10.7. The van der Waals surface area contributed by atoms with Crippen LogP contribution in [0.2, 0.25) is 5.02 Å². The molecule has 0 atom stereocenters. The molecule has 0 aromatic heterocycles. The first-order valence-electron chi connectivity index (χ1n) is 5.26. The highest BCUT2D eigenvalue weighted by atomic mass is 35.5. The van der Waals surface area contributed by atoms with Gasteiger partial charge in [0.1, 0.15) is 5.75 Å². The maximum atomic E-state index is 12.0. The molecule has 0 radical (unpaired) electrons. The SMILES string of the molecule is O=C1Nc2cc(Cl)c(O)cc2Sc2ccccc21. The molecule has 0 bridgehead atoms. The molecule has 0 saturated carbocycles. The lowest BCUT2D eigenvalue weighted by Gasteiger charge is -2.07. The summed E-state index contributed by atoms with van der Waals surface area (Å²) in [6, 6.07) is 10.5. The molecule has 0 unspecified atom stereocenters. The van der Waals surface area contributed by atoms with Crippen LogP contribution in [0.25, 0.3) is 0 Å². The number of anilines is 1. The van der Waals surface area contributed by atoms with Gasteiger partial charge in [-0.2, -0.15) is 0 Å². The topological polar surface area (TPSA) is 49.3 Å².